The summed E-state index contributed by atoms with van der Waals surface area (Å²) in [7, 11) is 0. The van der Waals surface area contributed by atoms with Crippen molar-refractivity contribution in [3.63, 3.8) is 0 Å². The highest BCUT2D eigenvalue weighted by Crippen LogP contribution is 2.40. The number of aliphatic hydroxyl groups is 1. The van der Waals surface area contributed by atoms with Crippen LogP contribution in [-0.4, -0.2) is 5.11 Å². The minimum atomic E-state index is -0.807. The van der Waals surface area contributed by atoms with Crippen LogP contribution in [-0.2, 0) is 18.4 Å². The lowest BCUT2D eigenvalue weighted by Crippen LogP contribution is -2.31. The van der Waals surface area contributed by atoms with Gasteiger partial charge in [-0.25, -0.2) is 0 Å². The number of rotatable bonds is 3. The lowest BCUT2D eigenvalue weighted by molar-refractivity contribution is 0.0615. The van der Waals surface area contributed by atoms with E-state index in [2.05, 4.69) is 49.4 Å². The van der Waals surface area contributed by atoms with Gasteiger partial charge < -0.3 is 5.11 Å². The number of fused-ring (bicyclic) bond motifs is 1. The second kappa shape index (κ2) is 5.41. The zero-order valence-electron chi connectivity index (χ0n) is 12.1. The fourth-order valence-corrected chi connectivity index (χ4v) is 3.38. The highest BCUT2D eigenvalue weighted by Gasteiger charge is 2.35. The van der Waals surface area contributed by atoms with Crippen LogP contribution < -0.4 is 0 Å². The van der Waals surface area contributed by atoms with Crippen molar-refractivity contribution in [2.24, 2.45) is 0 Å². The van der Waals surface area contributed by atoms with Gasteiger partial charge in [-0.05, 0) is 47.9 Å². The van der Waals surface area contributed by atoms with Gasteiger partial charge in [-0.3, -0.25) is 0 Å². The van der Waals surface area contributed by atoms with Gasteiger partial charge in [0.15, 0.2) is 0 Å². The molecule has 1 aliphatic carbocycles. The predicted molar refractivity (Wildman–Crippen MR) is 82.8 cm³/mol. The summed E-state index contributed by atoms with van der Waals surface area (Å²) < 4.78 is 0. The molecule has 0 saturated heterocycles. The first-order valence-electron chi connectivity index (χ1n) is 7.64. The first-order chi connectivity index (χ1) is 9.74. The lowest BCUT2D eigenvalue weighted by Gasteiger charge is -2.35. The fraction of sp³-hybridized carbons (Fsp3) is 0.368. The molecule has 0 heterocycles. The highest BCUT2D eigenvalue weighted by atomic mass is 16.3. The monoisotopic (exact) mass is 266 g/mol. The largest absolute Gasteiger partial charge is 0.380 e. The molecule has 0 aromatic heterocycles. The van der Waals surface area contributed by atoms with Crippen molar-refractivity contribution in [1.29, 1.82) is 0 Å². The van der Waals surface area contributed by atoms with Crippen molar-refractivity contribution >= 4 is 0 Å². The Balaban J connectivity index is 2.07. The Morgan fingerprint density at radius 3 is 2.80 bits per heavy atom. The topological polar surface area (TPSA) is 20.2 Å². The Morgan fingerprint density at radius 2 is 1.95 bits per heavy atom. The van der Waals surface area contributed by atoms with Gasteiger partial charge >= 0.3 is 0 Å². The van der Waals surface area contributed by atoms with Gasteiger partial charge in [0.2, 0.25) is 0 Å². The van der Waals surface area contributed by atoms with E-state index in [1.54, 1.807) is 0 Å². The molecule has 104 valence electrons. The van der Waals surface area contributed by atoms with Gasteiger partial charge in [-0.15, -0.1) is 0 Å². The van der Waals surface area contributed by atoms with Crippen molar-refractivity contribution in [2.75, 3.05) is 0 Å². The summed E-state index contributed by atoms with van der Waals surface area (Å²) in [4.78, 5) is 0. The van der Waals surface area contributed by atoms with Crippen LogP contribution in [0.2, 0.25) is 0 Å². The van der Waals surface area contributed by atoms with Gasteiger partial charge in [0, 0.05) is 0 Å². The van der Waals surface area contributed by atoms with Crippen molar-refractivity contribution in [2.45, 2.75) is 44.6 Å². The van der Waals surface area contributed by atoms with E-state index >= 15 is 0 Å². The average molecular weight is 266 g/mol. The van der Waals surface area contributed by atoms with E-state index in [1.807, 2.05) is 6.07 Å². The Hall–Kier alpha value is -1.60. The van der Waals surface area contributed by atoms with E-state index in [1.165, 1.54) is 11.1 Å². The molecule has 1 N–H and O–H groups in total. The normalized spacial score (nSPS) is 21.5. The molecule has 1 atom stereocenters. The molecular weight excluding hydrogens is 244 g/mol. The second-order valence-electron chi connectivity index (χ2n) is 5.82. The van der Waals surface area contributed by atoms with Crippen molar-refractivity contribution in [3.05, 3.63) is 70.8 Å². The van der Waals surface area contributed by atoms with E-state index in [9.17, 15) is 5.11 Å². The molecular formula is C19H22O. The molecule has 0 spiro atoms. The zero-order valence-corrected chi connectivity index (χ0v) is 12.1. The maximum Gasteiger partial charge on any atom is 0.115 e. The molecule has 1 nitrogen and oxygen atoms in total. The predicted octanol–water partition coefficient (Wildman–Crippen LogP) is 4.21. The Morgan fingerprint density at radius 1 is 1.10 bits per heavy atom. The highest BCUT2D eigenvalue weighted by molar-refractivity contribution is 5.43. The van der Waals surface area contributed by atoms with Crippen LogP contribution in [0.3, 0.4) is 0 Å². The maximum absolute atomic E-state index is 11.3. The van der Waals surface area contributed by atoms with Gasteiger partial charge in [0.05, 0.1) is 0 Å². The number of benzene rings is 2. The fourth-order valence-electron chi connectivity index (χ4n) is 3.38. The zero-order chi connectivity index (χ0) is 14.0. The molecule has 1 heteroatoms. The van der Waals surface area contributed by atoms with Crippen LogP contribution in [0.25, 0.3) is 0 Å². The Kier molecular flexibility index (Phi) is 3.62. The van der Waals surface area contributed by atoms with Crippen LogP contribution >= 0.6 is 0 Å². The van der Waals surface area contributed by atoms with Gasteiger partial charge in [0.25, 0.3) is 0 Å². The Labute approximate surface area is 121 Å². The summed E-state index contributed by atoms with van der Waals surface area (Å²) in [6, 6.07) is 16.8. The molecule has 0 fully saturated rings. The quantitative estimate of drug-likeness (QED) is 0.882. The van der Waals surface area contributed by atoms with Crippen LogP contribution in [0.1, 0.15) is 48.4 Å². The van der Waals surface area contributed by atoms with Crippen LogP contribution in [0.15, 0.2) is 48.5 Å². The molecule has 0 radical (unpaired) electrons. The molecule has 1 aliphatic rings. The average Bonchev–Trinajstić information content (AvgIpc) is 2.48. The number of hydrogen-bond donors (Lipinski definition) is 1. The van der Waals surface area contributed by atoms with E-state index in [0.717, 1.165) is 43.2 Å². The summed E-state index contributed by atoms with van der Waals surface area (Å²) in [6.45, 7) is 2.19. The minimum Gasteiger partial charge on any atom is -0.380 e. The van der Waals surface area contributed by atoms with Crippen molar-refractivity contribution < 1.29 is 5.11 Å². The van der Waals surface area contributed by atoms with Crippen LogP contribution in [0, 0.1) is 0 Å². The molecule has 0 amide bonds. The van der Waals surface area contributed by atoms with Gasteiger partial charge in [-0.1, -0.05) is 61.9 Å². The van der Waals surface area contributed by atoms with E-state index in [0.29, 0.717) is 0 Å². The van der Waals surface area contributed by atoms with Gasteiger partial charge in [0.1, 0.15) is 5.60 Å². The lowest BCUT2D eigenvalue weighted by atomic mass is 9.75. The second-order valence-corrected chi connectivity index (χ2v) is 5.82. The van der Waals surface area contributed by atoms with E-state index in [-0.39, 0.29) is 0 Å². The summed E-state index contributed by atoms with van der Waals surface area (Å²) in [6.07, 6.45) is 5.16. The first-order valence-corrected chi connectivity index (χ1v) is 7.64. The molecule has 2 aromatic carbocycles. The number of hydrogen-bond acceptors (Lipinski definition) is 1. The van der Waals surface area contributed by atoms with Crippen molar-refractivity contribution in [1.82, 2.24) is 0 Å². The maximum atomic E-state index is 11.3. The number of aryl methyl sites for hydroxylation is 2. The summed E-state index contributed by atoms with van der Waals surface area (Å²) in [5, 5.41) is 11.3. The summed E-state index contributed by atoms with van der Waals surface area (Å²) >= 11 is 0. The molecule has 0 bridgehead atoms. The first kappa shape index (κ1) is 13.4. The van der Waals surface area contributed by atoms with E-state index in [4.69, 9.17) is 0 Å². The third-order valence-electron chi connectivity index (χ3n) is 4.39. The van der Waals surface area contributed by atoms with Crippen molar-refractivity contribution in [3.8, 4) is 0 Å². The molecule has 2 aromatic rings. The standard InChI is InChI=1S/C19H22O/c1-2-7-15-8-5-11-17(14-15)19(20)13-6-10-16-9-3-4-12-18(16)19/h3-5,8-9,11-12,14,20H,2,6-7,10,13H2,1H3. The summed E-state index contributed by atoms with van der Waals surface area (Å²) in [5.41, 5.74) is 3.96. The van der Waals surface area contributed by atoms with E-state index < -0.39 is 5.60 Å². The molecule has 0 aliphatic heterocycles. The SMILES string of the molecule is CCCc1cccc(C2(O)CCCc3ccccc32)c1. The van der Waals surface area contributed by atoms with Gasteiger partial charge in [-0.2, -0.15) is 0 Å². The third kappa shape index (κ3) is 2.27. The molecule has 20 heavy (non-hydrogen) atoms. The smallest absolute Gasteiger partial charge is 0.115 e. The third-order valence-corrected chi connectivity index (χ3v) is 4.39. The Bertz CT molecular complexity index is 602. The summed E-state index contributed by atoms with van der Waals surface area (Å²) in [5.74, 6) is 0. The van der Waals surface area contributed by atoms with Crippen LogP contribution in [0.5, 0.6) is 0 Å². The molecule has 0 saturated carbocycles. The molecule has 3 rings (SSSR count). The van der Waals surface area contributed by atoms with Crippen LogP contribution in [0.4, 0.5) is 0 Å². The minimum absolute atomic E-state index is 0.807. The molecule has 1 unspecified atom stereocenters.